The van der Waals surface area contributed by atoms with Crippen LogP contribution < -0.4 is 10.1 Å². The third kappa shape index (κ3) is 4.81. The van der Waals surface area contributed by atoms with Crippen molar-refractivity contribution in [3.05, 3.63) is 45.8 Å². The van der Waals surface area contributed by atoms with Gasteiger partial charge in [0.25, 0.3) is 5.91 Å². The SMILES string of the molecule is CCOC(=O)c1c(NC(=O)[C@@H](C)Oc2ccc(C(C)(C)C)cc2)sc2c1CCC2. The van der Waals surface area contributed by atoms with Crippen LogP contribution >= 0.6 is 11.3 Å². The number of ether oxygens (including phenoxy) is 2. The van der Waals surface area contributed by atoms with Crippen LogP contribution in [0.15, 0.2) is 24.3 Å². The van der Waals surface area contributed by atoms with E-state index in [0.29, 0.717) is 22.9 Å². The first-order valence-corrected chi connectivity index (χ1v) is 10.9. The van der Waals surface area contributed by atoms with Gasteiger partial charge in [-0.05, 0) is 61.8 Å². The van der Waals surface area contributed by atoms with Gasteiger partial charge >= 0.3 is 5.97 Å². The minimum atomic E-state index is -0.692. The highest BCUT2D eigenvalue weighted by Gasteiger charge is 2.29. The van der Waals surface area contributed by atoms with Gasteiger partial charge in [0, 0.05) is 4.88 Å². The molecule has 1 aromatic heterocycles. The van der Waals surface area contributed by atoms with Crippen molar-refractivity contribution >= 4 is 28.2 Å². The number of carbonyl (C=O) groups excluding carboxylic acids is 2. The van der Waals surface area contributed by atoms with Crippen molar-refractivity contribution in [2.75, 3.05) is 11.9 Å². The summed E-state index contributed by atoms with van der Waals surface area (Å²) in [5, 5.41) is 3.46. The third-order valence-electron chi connectivity index (χ3n) is 5.04. The van der Waals surface area contributed by atoms with E-state index in [0.717, 1.165) is 29.7 Å². The van der Waals surface area contributed by atoms with Gasteiger partial charge in [0.15, 0.2) is 6.10 Å². The van der Waals surface area contributed by atoms with Crippen LogP contribution in [-0.4, -0.2) is 24.6 Å². The maximum Gasteiger partial charge on any atom is 0.341 e. The largest absolute Gasteiger partial charge is 0.481 e. The van der Waals surface area contributed by atoms with Gasteiger partial charge in [0.2, 0.25) is 0 Å². The number of esters is 1. The van der Waals surface area contributed by atoms with E-state index >= 15 is 0 Å². The van der Waals surface area contributed by atoms with Crippen molar-refractivity contribution in [3.8, 4) is 5.75 Å². The summed E-state index contributed by atoms with van der Waals surface area (Å²) < 4.78 is 11.0. The molecule has 29 heavy (non-hydrogen) atoms. The molecule has 0 fully saturated rings. The van der Waals surface area contributed by atoms with Crippen LogP contribution in [0.4, 0.5) is 5.00 Å². The number of anilines is 1. The first-order chi connectivity index (χ1) is 13.7. The number of rotatable bonds is 6. The second-order valence-corrected chi connectivity index (χ2v) is 9.41. The van der Waals surface area contributed by atoms with E-state index in [1.54, 1.807) is 13.8 Å². The molecule has 0 saturated heterocycles. The standard InChI is InChI=1S/C23H29NO4S/c1-6-27-22(26)19-17-8-7-9-18(17)29-21(19)24-20(25)14(2)28-16-12-10-15(11-13-16)23(3,4)5/h10-14H,6-9H2,1-5H3,(H,24,25)/t14-/m1/s1. The minimum Gasteiger partial charge on any atom is -0.481 e. The van der Waals surface area contributed by atoms with E-state index in [1.165, 1.54) is 16.9 Å². The van der Waals surface area contributed by atoms with E-state index in [4.69, 9.17) is 9.47 Å². The van der Waals surface area contributed by atoms with Crippen LogP contribution in [-0.2, 0) is 27.8 Å². The van der Waals surface area contributed by atoms with Gasteiger partial charge in [0.05, 0.1) is 12.2 Å². The van der Waals surface area contributed by atoms with Crippen LogP contribution in [0.3, 0.4) is 0 Å². The summed E-state index contributed by atoms with van der Waals surface area (Å²) in [7, 11) is 0. The highest BCUT2D eigenvalue weighted by molar-refractivity contribution is 7.17. The molecule has 156 valence electrons. The topological polar surface area (TPSA) is 64.6 Å². The zero-order valence-electron chi connectivity index (χ0n) is 17.8. The molecule has 1 aromatic carbocycles. The Morgan fingerprint density at radius 3 is 2.48 bits per heavy atom. The first-order valence-electron chi connectivity index (χ1n) is 10.1. The molecule has 6 heteroatoms. The molecular formula is C23H29NO4S. The molecule has 0 radical (unpaired) electrons. The molecule has 0 aliphatic heterocycles. The van der Waals surface area contributed by atoms with Gasteiger partial charge < -0.3 is 14.8 Å². The number of carbonyl (C=O) groups is 2. The lowest BCUT2D eigenvalue weighted by atomic mass is 9.87. The van der Waals surface area contributed by atoms with Gasteiger partial charge in [-0.15, -0.1) is 11.3 Å². The number of amides is 1. The normalized spacial score (nSPS) is 14.2. The first kappa shape index (κ1) is 21.4. The lowest BCUT2D eigenvalue weighted by molar-refractivity contribution is -0.122. The van der Waals surface area contributed by atoms with E-state index in [1.807, 2.05) is 24.3 Å². The number of benzene rings is 1. The maximum atomic E-state index is 12.7. The summed E-state index contributed by atoms with van der Waals surface area (Å²) in [6.07, 6.45) is 2.13. The summed E-state index contributed by atoms with van der Waals surface area (Å²) in [4.78, 5) is 26.3. The van der Waals surface area contributed by atoms with Gasteiger partial charge in [0.1, 0.15) is 10.8 Å². The fraction of sp³-hybridized carbons (Fsp3) is 0.478. The van der Waals surface area contributed by atoms with E-state index in [2.05, 4.69) is 26.1 Å². The van der Waals surface area contributed by atoms with Gasteiger partial charge in [-0.1, -0.05) is 32.9 Å². The fourth-order valence-corrected chi connectivity index (χ4v) is 4.70. The molecule has 5 nitrogen and oxygen atoms in total. The number of hydrogen-bond acceptors (Lipinski definition) is 5. The number of nitrogens with one attached hydrogen (secondary N) is 1. The van der Waals surface area contributed by atoms with E-state index in [9.17, 15) is 9.59 Å². The molecule has 0 spiro atoms. The van der Waals surface area contributed by atoms with Gasteiger partial charge in [-0.3, -0.25) is 4.79 Å². The summed E-state index contributed by atoms with van der Waals surface area (Å²) >= 11 is 1.47. The predicted octanol–water partition coefficient (Wildman–Crippen LogP) is 5.12. The van der Waals surface area contributed by atoms with Crippen LogP contribution in [0, 0.1) is 0 Å². The summed E-state index contributed by atoms with van der Waals surface area (Å²) in [6, 6.07) is 7.80. The van der Waals surface area contributed by atoms with Crippen LogP contribution in [0.5, 0.6) is 5.75 Å². The number of hydrogen-bond donors (Lipinski definition) is 1. The zero-order chi connectivity index (χ0) is 21.2. The van der Waals surface area contributed by atoms with Crippen molar-refractivity contribution < 1.29 is 19.1 Å². The average Bonchev–Trinajstić information content (AvgIpc) is 3.22. The third-order valence-corrected chi connectivity index (χ3v) is 6.25. The highest BCUT2D eigenvalue weighted by Crippen LogP contribution is 2.39. The molecule has 1 atom stereocenters. The molecule has 1 N–H and O–H groups in total. The lowest BCUT2D eigenvalue weighted by Crippen LogP contribution is -2.30. The Labute approximate surface area is 176 Å². The Kier molecular flexibility index (Phi) is 6.32. The van der Waals surface area contributed by atoms with Crippen molar-refractivity contribution in [2.24, 2.45) is 0 Å². The molecule has 0 bridgehead atoms. The molecule has 1 aliphatic carbocycles. The maximum absolute atomic E-state index is 12.7. The molecule has 0 unspecified atom stereocenters. The number of thiophene rings is 1. The number of aryl methyl sites for hydroxylation is 1. The molecule has 2 aromatic rings. The highest BCUT2D eigenvalue weighted by atomic mass is 32.1. The predicted molar refractivity (Wildman–Crippen MR) is 116 cm³/mol. The Morgan fingerprint density at radius 2 is 1.86 bits per heavy atom. The molecule has 3 rings (SSSR count). The Morgan fingerprint density at radius 1 is 1.17 bits per heavy atom. The van der Waals surface area contributed by atoms with Crippen molar-refractivity contribution in [2.45, 2.75) is 65.4 Å². The Bertz CT molecular complexity index is 893. The second-order valence-electron chi connectivity index (χ2n) is 8.31. The quantitative estimate of drug-likeness (QED) is 0.665. The molecule has 1 amide bonds. The smallest absolute Gasteiger partial charge is 0.341 e. The van der Waals surface area contributed by atoms with Crippen LogP contribution in [0.2, 0.25) is 0 Å². The Hall–Kier alpha value is -2.34. The van der Waals surface area contributed by atoms with Crippen LogP contribution in [0.1, 0.15) is 67.4 Å². The lowest BCUT2D eigenvalue weighted by Gasteiger charge is -2.20. The van der Waals surface area contributed by atoms with Crippen molar-refractivity contribution in [3.63, 3.8) is 0 Å². The van der Waals surface area contributed by atoms with Gasteiger partial charge in [-0.2, -0.15) is 0 Å². The average molecular weight is 416 g/mol. The molecule has 1 heterocycles. The fourth-order valence-electron chi connectivity index (χ4n) is 3.42. The summed E-state index contributed by atoms with van der Waals surface area (Å²) in [6.45, 7) is 10.2. The monoisotopic (exact) mass is 415 g/mol. The van der Waals surface area contributed by atoms with Crippen molar-refractivity contribution in [1.29, 1.82) is 0 Å². The Balaban J connectivity index is 1.71. The summed E-state index contributed by atoms with van der Waals surface area (Å²) in [5.41, 5.74) is 2.80. The van der Waals surface area contributed by atoms with Crippen LogP contribution in [0.25, 0.3) is 0 Å². The molecule has 0 saturated carbocycles. The minimum absolute atomic E-state index is 0.0601. The van der Waals surface area contributed by atoms with Gasteiger partial charge in [-0.25, -0.2) is 4.79 Å². The number of fused-ring (bicyclic) bond motifs is 1. The van der Waals surface area contributed by atoms with E-state index < -0.39 is 6.10 Å². The zero-order valence-corrected chi connectivity index (χ0v) is 18.6. The summed E-state index contributed by atoms with van der Waals surface area (Å²) in [5.74, 6) is -0.0103. The molecular weight excluding hydrogens is 386 g/mol. The van der Waals surface area contributed by atoms with E-state index in [-0.39, 0.29) is 17.3 Å². The van der Waals surface area contributed by atoms with Crippen molar-refractivity contribution in [1.82, 2.24) is 0 Å². The molecule has 1 aliphatic rings. The second kappa shape index (κ2) is 8.57.